The molecule has 0 unspecified atom stereocenters. The molecule has 0 bridgehead atoms. The van der Waals surface area contributed by atoms with Crippen molar-refractivity contribution in [2.75, 3.05) is 39.9 Å². The van der Waals surface area contributed by atoms with E-state index in [1.165, 1.54) is 7.11 Å². The van der Waals surface area contributed by atoms with Crippen LogP contribution < -0.4 is 4.74 Å². The Hall–Kier alpha value is -2.49. The molecule has 0 saturated carbocycles. The molecule has 0 atom stereocenters. The summed E-state index contributed by atoms with van der Waals surface area (Å²) in [5.74, 6) is -0.484. The molecule has 0 aromatic heterocycles. The van der Waals surface area contributed by atoms with Gasteiger partial charge in [-0.05, 0) is 58.4 Å². The topological polar surface area (TPSA) is 68.3 Å². The number of carbonyl (C=O) groups is 2. The van der Waals surface area contributed by atoms with Gasteiger partial charge in [-0.1, -0.05) is 0 Å². The normalized spacial score (nSPS) is 15.8. The van der Waals surface area contributed by atoms with Crippen LogP contribution in [0, 0.1) is 5.41 Å². The molecule has 0 N–H and O–H groups in total. The van der Waals surface area contributed by atoms with Gasteiger partial charge in [0.15, 0.2) is 0 Å². The summed E-state index contributed by atoms with van der Waals surface area (Å²) in [6.07, 6.45) is -4.94. The average Bonchev–Trinajstić information content (AvgIpc) is 2.70. The summed E-state index contributed by atoms with van der Waals surface area (Å²) in [5.41, 5.74) is -1.99. The highest BCUT2D eigenvalue weighted by atomic mass is 19.4. The summed E-state index contributed by atoms with van der Waals surface area (Å²) in [5, 5.41) is 0. The maximum Gasteiger partial charge on any atom is 0.416 e. The smallest absolute Gasteiger partial charge is 0.416 e. The van der Waals surface area contributed by atoms with Crippen molar-refractivity contribution in [3.05, 3.63) is 29.3 Å². The number of amides is 1. The number of hydrogen-bond donors (Lipinski definition) is 0. The van der Waals surface area contributed by atoms with E-state index in [2.05, 4.69) is 0 Å². The van der Waals surface area contributed by atoms with Crippen molar-refractivity contribution in [1.29, 1.82) is 0 Å². The van der Waals surface area contributed by atoms with Crippen LogP contribution >= 0.6 is 0 Å². The molecule has 1 aliphatic rings. The quantitative estimate of drug-likeness (QED) is 0.572. The number of piperazine rings is 1. The Bertz CT molecular complexity index is 841. The first-order valence-corrected chi connectivity index (χ1v) is 10.7. The van der Waals surface area contributed by atoms with Gasteiger partial charge in [0.05, 0.1) is 18.1 Å². The number of methoxy groups -OCH3 is 1. The highest BCUT2D eigenvalue weighted by Crippen LogP contribution is 2.34. The Morgan fingerprint density at radius 1 is 0.970 bits per heavy atom. The molecular weight excluding hydrogens is 441 g/mol. The van der Waals surface area contributed by atoms with Crippen LogP contribution in [-0.4, -0.2) is 67.4 Å². The highest BCUT2D eigenvalue weighted by Gasteiger charge is 2.33. The number of alkyl halides is 3. The zero-order valence-electron chi connectivity index (χ0n) is 20.0. The first-order valence-electron chi connectivity index (χ1n) is 10.7. The lowest BCUT2D eigenvalue weighted by Crippen LogP contribution is -2.49. The second-order valence-corrected chi connectivity index (χ2v) is 9.77. The number of benzene rings is 1. The average molecular weight is 475 g/mol. The molecule has 33 heavy (non-hydrogen) atoms. The first-order chi connectivity index (χ1) is 15.1. The van der Waals surface area contributed by atoms with E-state index in [0.29, 0.717) is 31.7 Å². The summed E-state index contributed by atoms with van der Waals surface area (Å²) >= 11 is 0. The molecule has 1 aliphatic heterocycles. The van der Waals surface area contributed by atoms with Crippen LogP contribution in [0.3, 0.4) is 0 Å². The van der Waals surface area contributed by atoms with Gasteiger partial charge in [0, 0.05) is 32.7 Å². The van der Waals surface area contributed by atoms with Crippen molar-refractivity contribution in [2.24, 2.45) is 5.41 Å². The van der Waals surface area contributed by atoms with Crippen LogP contribution in [0.15, 0.2) is 18.2 Å². The predicted octanol–water partition coefficient (Wildman–Crippen LogP) is 4.34. The zero-order valence-corrected chi connectivity index (χ0v) is 20.0. The summed E-state index contributed by atoms with van der Waals surface area (Å²) in [4.78, 5) is 27.6. The number of halogens is 3. The summed E-state index contributed by atoms with van der Waals surface area (Å²) < 4.78 is 56.0. The number of nitrogens with zero attached hydrogens (tertiary/aromatic N) is 2. The van der Waals surface area contributed by atoms with Crippen molar-refractivity contribution in [1.82, 2.24) is 9.80 Å². The van der Waals surface area contributed by atoms with Gasteiger partial charge in [-0.3, -0.25) is 9.69 Å². The minimum Gasteiger partial charge on any atom is -0.492 e. The molecule has 1 fully saturated rings. The lowest BCUT2D eigenvalue weighted by atomic mass is 9.95. The zero-order chi connectivity index (χ0) is 25.0. The van der Waals surface area contributed by atoms with Gasteiger partial charge in [-0.2, -0.15) is 13.2 Å². The van der Waals surface area contributed by atoms with Crippen LogP contribution in [0.5, 0.6) is 5.75 Å². The lowest BCUT2D eigenvalue weighted by molar-refractivity contribution is -0.152. The summed E-state index contributed by atoms with van der Waals surface area (Å²) in [6, 6.07) is 3.57. The molecule has 186 valence electrons. The van der Waals surface area contributed by atoms with Gasteiger partial charge in [-0.15, -0.1) is 0 Å². The van der Waals surface area contributed by atoms with Gasteiger partial charge in [-0.25, -0.2) is 4.79 Å². The molecule has 2 rings (SSSR count). The van der Waals surface area contributed by atoms with Gasteiger partial charge in [0.2, 0.25) is 0 Å². The third-order valence-electron chi connectivity index (χ3n) is 5.06. The van der Waals surface area contributed by atoms with Gasteiger partial charge < -0.3 is 19.1 Å². The van der Waals surface area contributed by atoms with E-state index in [1.807, 2.05) is 4.90 Å². The van der Waals surface area contributed by atoms with E-state index in [4.69, 9.17) is 14.2 Å². The fourth-order valence-corrected chi connectivity index (χ4v) is 3.27. The molecule has 1 saturated heterocycles. The number of ether oxygens (including phenoxy) is 3. The molecule has 10 heteroatoms. The van der Waals surface area contributed by atoms with Gasteiger partial charge in [0.25, 0.3) is 0 Å². The van der Waals surface area contributed by atoms with Crippen LogP contribution in [0.2, 0.25) is 0 Å². The first kappa shape index (κ1) is 26.8. The van der Waals surface area contributed by atoms with Crippen LogP contribution in [-0.2, 0) is 27.0 Å². The Morgan fingerprint density at radius 2 is 1.58 bits per heavy atom. The Morgan fingerprint density at radius 3 is 2.09 bits per heavy atom. The van der Waals surface area contributed by atoms with Crippen molar-refractivity contribution in [3.63, 3.8) is 0 Å². The highest BCUT2D eigenvalue weighted by molar-refractivity contribution is 5.75. The SMILES string of the molecule is COC(=O)C(C)(C)COc1cc(CN2CCN(C(=O)OC(C)(C)C)CC2)cc(C(F)(F)F)c1. The third-order valence-corrected chi connectivity index (χ3v) is 5.06. The van der Waals surface area contributed by atoms with E-state index in [9.17, 15) is 22.8 Å². The second kappa shape index (κ2) is 10.2. The van der Waals surface area contributed by atoms with Crippen LogP contribution in [0.4, 0.5) is 18.0 Å². The molecule has 0 spiro atoms. The fourth-order valence-electron chi connectivity index (χ4n) is 3.27. The number of hydrogen-bond acceptors (Lipinski definition) is 6. The maximum absolute atomic E-state index is 13.5. The van der Waals surface area contributed by atoms with Crippen LogP contribution in [0.1, 0.15) is 45.7 Å². The lowest BCUT2D eigenvalue weighted by Gasteiger charge is -2.35. The molecular formula is C23H33F3N2O5. The van der Waals surface area contributed by atoms with Gasteiger partial charge >= 0.3 is 18.2 Å². The van der Waals surface area contributed by atoms with E-state index in [0.717, 1.165) is 12.1 Å². The third kappa shape index (κ3) is 8.10. The molecule has 1 aromatic rings. The maximum atomic E-state index is 13.5. The van der Waals surface area contributed by atoms with Crippen molar-refractivity contribution >= 4 is 12.1 Å². The largest absolute Gasteiger partial charge is 0.492 e. The molecule has 0 radical (unpaired) electrons. The molecule has 1 amide bonds. The number of carbonyl (C=O) groups excluding carboxylic acids is 2. The molecule has 1 aromatic carbocycles. The predicted molar refractivity (Wildman–Crippen MR) is 116 cm³/mol. The van der Waals surface area contributed by atoms with E-state index in [-0.39, 0.29) is 18.9 Å². The number of esters is 1. The molecule has 7 nitrogen and oxygen atoms in total. The van der Waals surface area contributed by atoms with E-state index in [1.54, 1.807) is 45.6 Å². The fraction of sp³-hybridized carbons (Fsp3) is 0.652. The second-order valence-electron chi connectivity index (χ2n) is 9.77. The van der Waals surface area contributed by atoms with Crippen molar-refractivity contribution in [3.8, 4) is 5.75 Å². The standard InChI is InChI=1S/C23H33F3N2O5/c1-21(2,3)33-20(30)28-9-7-27(8-10-28)14-16-11-17(23(24,25)26)13-18(12-16)32-15-22(4,5)19(29)31-6/h11-13H,7-10,14-15H2,1-6H3. The van der Waals surface area contributed by atoms with E-state index < -0.39 is 34.8 Å². The summed E-state index contributed by atoms with van der Waals surface area (Å²) in [6.45, 7) is 10.5. The Balaban J connectivity index is 2.08. The minimum atomic E-state index is -4.54. The Kier molecular flexibility index (Phi) is 8.27. The molecule has 1 heterocycles. The Labute approximate surface area is 192 Å². The van der Waals surface area contributed by atoms with Crippen LogP contribution in [0.25, 0.3) is 0 Å². The number of rotatable bonds is 6. The van der Waals surface area contributed by atoms with Crippen molar-refractivity contribution < 1.29 is 37.0 Å². The monoisotopic (exact) mass is 474 g/mol. The molecule has 0 aliphatic carbocycles. The van der Waals surface area contributed by atoms with E-state index >= 15 is 0 Å². The van der Waals surface area contributed by atoms with Crippen molar-refractivity contribution in [2.45, 2.75) is 52.9 Å². The van der Waals surface area contributed by atoms with Gasteiger partial charge in [0.1, 0.15) is 18.0 Å². The summed E-state index contributed by atoms with van der Waals surface area (Å²) in [7, 11) is 1.25. The minimum absolute atomic E-state index is 0.0317.